The fraction of sp³-hybridized carbons (Fsp3) is 0.571. The topological polar surface area (TPSA) is 80.2 Å². The maximum Gasteiger partial charge on any atom is 0.203 e. The van der Waals surface area contributed by atoms with Gasteiger partial charge in [-0.25, -0.2) is 0 Å². The van der Waals surface area contributed by atoms with E-state index in [1.165, 1.54) is 0 Å². The molecule has 0 aliphatic carbocycles. The molecule has 0 unspecified atom stereocenters. The van der Waals surface area contributed by atoms with Crippen LogP contribution in [0.5, 0.6) is 17.2 Å². The summed E-state index contributed by atoms with van der Waals surface area (Å²) in [4.78, 5) is 0. The van der Waals surface area contributed by atoms with Gasteiger partial charge in [0.15, 0.2) is 11.5 Å². The van der Waals surface area contributed by atoms with E-state index in [2.05, 4.69) is 5.32 Å². The lowest BCUT2D eigenvalue weighted by Crippen LogP contribution is -2.48. The number of nitrogens with one attached hydrogen (secondary N) is 1. The van der Waals surface area contributed by atoms with Crippen LogP contribution in [0, 0.1) is 0 Å². The first-order chi connectivity index (χ1) is 9.55. The quantitative estimate of drug-likeness (QED) is 0.647. The number of hydrogen-bond acceptors (Lipinski definition) is 6. The number of methoxy groups -OCH3 is 3. The number of rotatable bonds is 8. The Morgan fingerprint density at radius 3 is 2.05 bits per heavy atom. The van der Waals surface area contributed by atoms with Crippen LogP contribution < -0.4 is 19.5 Å². The van der Waals surface area contributed by atoms with Crippen molar-refractivity contribution in [2.45, 2.75) is 19.0 Å². The van der Waals surface area contributed by atoms with Gasteiger partial charge in [0.2, 0.25) is 5.75 Å². The maximum atomic E-state index is 9.27. The van der Waals surface area contributed by atoms with Gasteiger partial charge in [0, 0.05) is 12.1 Å². The molecule has 20 heavy (non-hydrogen) atoms. The Morgan fingerprint density at radius 2 is 1.60 bits per heavy atom. The lowest BCUT2D eigenvalue weighted by molar-refractivity contribution is 0.103. The summed E-state index contributed by atoms with van der Waals surface area (Å²) in [5.74, 6) is 1.67. The molecular formula is C14H23NO5. The Balaban J connectivity index is 3.01. The van der Waals surface area contributed by atoms with Crippen LogP contribution in [-0.4, -0.2) is 50.3 Å². The van der Waals surface area contributed by atoms with E-state index in [0.29, 0.717) is 23.8 Å². The highest BCUT2D eigenvalue weighted by atomic mass is 16.5. The molecule has 0 saturated heterocycles. The normalized spacial score (nSPS) is 11.3. The Kier molecular flexibility index (Phi) is 6.06. The summed E-state index contributed by atoms with van der Waals surface area (Å²) in [5, 5.41) is 21.6. The van der Waals surface area contributed by atoms with E-state index in [4.69, 9.17) is 14.2 Å². The zero-order chi connectivity index (χ0) is 15.2. The third-order valence-corrected chi connectivity index (χ3v) is 3.19. The van der Waals surface area contributed by atoms with Crippen molar-refractivity contribution in [1.29, 1.82) is 0 Å². The Labute approximate surface area is 119 Å². The van der Waals surface area contributed by atoms with Crippen LogP contribution in [0.25, 0.3) is 0 Å². The zero-order valence-corrected chi connectivity index (χ0v) is 12.4. The molecule has 1 aromatic carbocycles. The molecule has 0 heterocycles. The van der Waals surface area contributed by atoms with Crippen molar-refractivity contribution >= 4 is 0 Å². The molecule has 0 aliphatic rings. The molecule has 0 aliphatic heterocycles. The second-order valence-corrected chi connectivity index (χ2v) is 4.72. The molecule has 0 aromatic heterocycles. The minimum Gasteiger partial charge on any atom is -0.493 e. The monoisotopic (exact) mass is 285 g/mol. The summed E-state index contributed by atoms with van der Waals surface area (Å²) in [6.07, 6.45) is 0. The SMILES string of the molecule is COc1ccc(CNC(C)(CO)CO)c(OC)c1OC. The van der Waals surface area contributed by atoms with Gasteiger partial charge < -0.3 is 29.7 Å². The van der Waals surface area contributed by atoms with E-state index in [0.717, 1.165) is 5.56 Å². The van der Waals surface area contributed by atoms with E-state index < -0.39 is 5.54 Å². The Bertz CT molecular complexity index is 432. The van der Waals surface area contributed by atoms with Crippen LogP contribution in [0.4, 0.5) is 0 Å². The second-order valence-electron chi connectivity index (χ2n) is 4.72. The lowest BCUT2D eigenvalue weighted by Gasteiger charge is -2.27. The van der Waals surface area contributed by atoms with Gasteiger partial charge in [0.25, 0.3) is 0 Å². The van der Waals surface area contributed by atoms with Crippen molar-refractivity contribution in [2.75, 3.05) is 34.5 Å². The van der Waals surface area contributed by atoms with Crippen LogP contribution >= 0.6 is 0 Å². The van der Waals surface area contributed by atoms with E-state index in [-0.39, 0.29) is 13.2 Å². The molecule has 0 bridgehead atoms. The summed E-state index contributed by atoms with van der Waals surface area (Å²) in [6.45, 7) is 1.82. The van der Waals surface area contributed by atoms with Crippen molar-refractivity contribution in [3.05, 3.63) is 17.7 Å². The van der Waals surface area contributed by atoms with Crippen molar-refractivity contribution in [3.63, 3.8) is 0 Å². The van der Waals surface area contributed by atoms with Crippen LogP contribution in [-0.2, 0) is 6.54 Å². The minimum absolute atomic E-state index is 0.168. The van der Waals surface area contributed by atoms with E-state index in [1.807, 2.05) is 6.07 Å². The molecular weight excluding hydrogens is 262 g/mol. The molecule has 0 fully saturated rings. The third-order valence-electron chi connectivity index (χ3n) is 3.19. The summed E-state index contributed by atoms with van der Waals surface area (Å²) in [6, 6.07) is 3.63. The predicted octanol–water partition coefficient (Wildman–Crippen LogP) is 0.545. The first-order valence-electron chi connectivity index (χ1n) is 6.29. The largest absolute Gasteiger partial charge is 0.493 e. The molecule has 1 rings (SSSR count). The first-order valence-corrected chi connectivity index (χ1v) is 6.29. The fourth-order valence-corrected chi connectivity index (χ4v) is 1.77. The van der Waals surface area contributed by atoms with Gasteiger partial charge in [-0.15, -0.1) is 0 Å². The molecule has 0 atom stereocenters. The van der Waals surface area contributed by atoms with Crippen molar-refractivity contribution < 1.29 is 24.4 Å². The fourth-order valence-electron chi connectivity index (χ4n) is 1.77. The molecule has 0 spiro atoms. The van der Waals surface area contributed by atoms with Crippen LogP contribution in [0.1, 0.15) is 12.5 Å². The van der Waals surface area contributed by atoms with E-state index in [9.17, 15) is 10.2 Å². The van der Waals surface area contributed by atoms with Gasteiger partial charge in [-0.3, -0.25) is 0 Å². The summed E-state index contributed by atoms with van der Waals surface area (Å²) < 4.78 is 15.9. The molecule has 0 saturated carbocycles. The maximum absolute atomic E-state index is 9.27. The lowest BCUT2D eigenvalue weighted by atomic mass is 10.0. The molecule has 3 N–H and O–H groups in total. The standard InChI is InChI=1S/C14H23NO5/c1-14(8-16,9-17)15-7-10-5-6-11(18-2)13(20-4)12(10)19-3/h5-6,15-17H,7-9H2,1-4H3. The molecule has 0 amide bonds. The highest BCUT2D eigenvalue weighted by Crippen LogP contribution is 2.39. The average Bonchev–Trinajstić information content (AvgIpc) is 2.51. The molecule has 6 heteroatoms. The smallest absolute Gasteiger partial charge is 0.203 e. The Hall–Kier alpha value is -1.50. The number of aliphatic hydroxyl groups is 2. The Morgan fingerprint density at radius 1 is 1.00 bits per heavy atom. The number of ether oxygens (including phenoxy) is 3. The minimum atomic E-state index is -0.752. The van der Waals surface area contributed by atoms with Gasteiger partial charge in [-0.2, -0.15) is 0 Å². The molecule has 114 valence electrons. The van der Waals surface area contributed by atoms with E-state index in [1.54, 1.807) is 34.3 Å². The summed E-state index contributed by atoms with van der Waals surface area (Å²) >= 11 is 0. The third kappa shape index (κ3) is 3.53. The van der Waals surface area contributed by atoms with Crippen molar-refractivity contribution in [1.82, 2.24) is 5.32 Å². The summed E-state index contributed by atoms with van der Waals surface area (Å²) in [5.41, 5.74) is 0.0938. The van der Waals surface area contributed by atoms with Crippen molar-refractivity contribution in [2.24, 2.45) is 0 Å². The number of hydrogen-bond donors (Lipinski definition) is 3. The predicted molar refractivity (Wildman–Crippen MR) is 75.5 cm³/mol. The van der Waals surface area contributed by atoms with E-state index >= 15 is 0 Å². The van der Waals surface area contributed by atoms with Gasteiger partial charge in [0.05, 0.1) is 40.1 Å². The zero-order valence-electron chi connectivity index (χ0n) is 12.4. The van der Waals surface area contributed by atoms with Gasteiger partial charge >= 0.3 is 0 Å². The molecule has 1 aromatic rings. The van der Waals surface area contributed by atoms with Crippen LogP contribution in [0.3, 0.4) is 0 Å². The number of benzene rings is 1. The van der Waals surface area contributed by atoms with Crippen LogP contribution in [0.2, 0.25) is 0 Å². The second kappa shape index (κ2) is 7.33. The van der Waals surface area contributed by atoms with Gasteiger partial charge in [0.1, 0.15) is 0 Å². The summed E-state index contributed by atoms with van der Waals surface area (Å²) in [7, 11) is 4.66. The number of aliphatic hydroxyl groups excluding tert-OH is 2. The molecule has 6 nitrogen and oxygen atoms in total. The average molecular weight is 285 g/mol. The van der Waals surface area contributed by atoms with Crippen molar-refractivity contribution in [3.8, 4) is 17.2 Å². The highest BCUT2D eigenvalue weighted by molar-refractivity contribution is 5.55. The highest BCUT2D eigenvalue weighted by Gasteiger charge is 2.23. The van der Waals surface area contributed by atoms with Gasteiger partial charge in [-0.05, 0) is 13.0 Å². The molecule has 0 radical (unpaired) electrons. The van der Waals surface area contributed by atoms with Crippen LogP contribution in [0.15, 0.2) is 12.1 Å². The first kappa shape index (κ1) is 16.6. The van der Waals surface area contributed by atoms with Gasteiger partial charge in [-0.1, -0.05) is 6.07 Å².